The lowest BCUT2D eigenvalue weighted by molar-refractivity contribution is 0.103. The smallest absolute Gasteiger partial charge is 0.194 e. The molecule has 3 aliphatic carbocycles. The molecule has 0 amide bonds. The monoisotopic (exact) mass is 565 g/mol. The number of methoxy groups -OCH3 is 1. The summed E-state index contributed by atoms with van der Waals surface area (Å²) < 4.78 is 5.57. The fraction of sp³-hybridized carbons (Fsp3) is 0.564. The molecule has 3 heteroatoms. The number of hydrogen-bond donors (Lipinski definition) is 0. The van der Waals surface area contributed by atoms with Crippen LogP contribution in [0.4, 0.5) is 0 Å². The predicted molar refractivity (Wildman–Crippen MR) is 175 cm³/mol. The van der Waals surface area contributed by atoms with E-state index in [1.54, 1.807) is 7.11 Å². The van der Waals surface area contributed by atoms with Crippen molar-refractivity contribution in [2.45, 2.75) is 104 Å². The number of nitrogens with zero attached hydrogens (tertiary/aromatic N) is 1. The van der Waals surface area contributed by atoms with Gasteiger partial charge in [-0.1, -0.05) is 51.6 Å². The molecule has 6 unspecified atom stereocenters. The first-order chi connectivity index (χ1) is 20.0. The second kappa shape index (κ2) is 11.1. The van der Waals surface area contributed by atoms with Crippen molar-refractivity contribution >= 4 is 11.4 Å². The van der Waals surface area contributed by atoms with Crippen LogP contribution in [0.5, 0.6) is 5.75 Å². The second-order valence-electron chi connectivity index (χ2n) is 14.5. The van der Waals surface area contributed by atoms with Crippen molar-refractivity contribution < 1.29 is 9.53 Å². The van der Waals surface area contributed by atoms with E-state index in [1.807, 2.05) is 18.2 Å². The molecule has 0 spiro atoms. The van der Waals surface area contributed by atoms with Crippen molar-refractivity contribution in [3.8, 4) is 5.75 Å². The van der Waals surface area contributed by atoms with Crippen LogP contribution in [0.15, 0.2) is 36.9 Å². The van der Waals surface area contributed by atoms with Gasteiger partial charge in [0.1, 0.15) is 5.75 Å². The lowest BCUT2D eigenvalue weighted by Gasteiger charge is -2.39. The SMILES string of the molecule is C=C1c2c(OC)cccc2C(=O)c2c(C)c3c(c(C)c21)[C@H](C)CC(C(=C)C)C3.CC1CC(C)C2C(C1)CC1CCCN12. The maximum Gasteiger partial charge on any atom is 0.194 e. The zero-order chi connectivity index (χ0) is 30.0. The minimum absolute atomic E-state index is 0.0878. The van der Waals surface area contributed by atoms with Gasteiger partial charge in [0, 0.05) is 28.8 Å². The summed E-state index contributed by atoms with van der Waals surface area (Å²) in [6, 6.07) is 7.63. The number of ether oxygens (including phenoxy) is 1. The maximum absolute atomic E-state index is 13.6. The Balaban J connectivity index is 0.000000187. The first-order valence-corrected chi connectivity index (χ1v) is 16.5. The van der Waals surface area contributed by atoms with Crippen LogP contribution in [0, 0.1) is 37.5 Å². The Morgan fingerprint density at radius 2 is 1.76 bits per heavy atom. The van der Waals surface area contributed by atoms with Gasteiger partial charge in [-0.3, -0.25) is 9.69 Å². The molecule has 0 aromatic heterocycles. The number of benzene rings is 2. The highest BCUT2D eigenvalue weighted by Crippen LogP contribution is 2.49. The molecule has 7 atom stereocenters. The molecule has 42 heavy (non-hydrogen) atoms. The Bertz CT molecular complexity index is 1450. The van der Waals surface area contributed by atoms with Gasteiger partial charge >= 0.3 is 0 Å². The highest BCUT2D eigenvalue weighted by molar-refractivity contribution is 6.20. The first kappa shape index (κ1) is 29.4. The third-order valence-corrected chi connectivity index (χ3v) is 11.7. The van der Waals surface area contributed by atoms with E-state index in [-0.39, 0.29) is 5.78 Å². The molecule has 0 bridgehead atoms. The van der Waals surface area contributed by atoms with Crippen LogP contribution in [0.2, 0.25) is 0 Å². The van der Waals surface area contributed by atoms with E-state index in [0.717, 1.165) is 70.5 Å². The Morgan fingerprint density at radius 1 is 1.00 bits per heavy atom. The van der Waals surface area contributed by atoms with E-state index in [0.29, 0.717) is 23.1 Å². The minimum atomic E-state index is 0.0878. The summed E-state index contributed by atoms with van der Waals surface area (Å²) in [4.78, 5) is 16.4. The van der Waals surface area contributed by atoms with Crippen molar-refractivity contribution in [1.82, 2.24) is 4.90 Å². The van der Waals surface area contributed by atoms with Gasteiger partial charge in [-0.2, -0.15) is 0 Å². The zero-order valence-corrected chi connectivity index (χ0v) is 27.1. The van der Waals surface area contributed by atoms with E-state index in [9.17, 15) is 4.79 Å². The van der Waals surface area contributed by atoms with Crippen LogP contribution in [0.1, 0.15) is 121 Å². The summed E-state index contributed by atoms with van der Waals surface area (Å²) in [5.74, 6) is 4.73. The number of allylic oxidation sites excluding steroid dienone is 1. The lowest BCUT2D eigenvalue weighted by Crippen LogP contribution is -2.42. The molecule has 0 N–H and O–H groups in total. The maximum atomic E-state index is 13.6. The summed E-state index contributed by atoms with van der Waals surface area (Å²) in [6.07, 6.45) is 9.57. The van der Waals surface area contributed by atoms with Crippen molar-refractivity contribution in [2.24, 2.45) is 23.7 Å². The zero-order valence-electron chi connectivity index (χ0n) is 27.1. The minimum Gasteiger partial charge on any atom is -0.496 e. The van der Waals surface area contributed by atoms with Crippen LogP contribution in [-0.4, -0.2) is 36.4 Å². The largest absolute Gasteiger partial charge is 0.496 e. The molecule has 7 rings (SSSR count). The average molecular weight is 566 g/mol. The van der Waals surface area contributed by atoms with Crippen molar-refractivity contribution in [2.75, 3.05) is 13.7 Å². The van der Waals surface area contributed by atoms with Gasteiger partial charge in [0.15, 0.2) is 5.78 Å². The van der Waals surface area contributed by atoms with Gasteiger partial charge in [0.2, 0.25) is 0 Å². The fourth-order valence-electron chi connectivity index (χ4n) is 10.1. The molecular formula is C39H51NO2. The van der Waals surface area contributed by atoms with Crippen LogP contribution in [-0.2, 0) is 6.42 Å². The molecule has 2 aromatic carbocycles. The molecule has 2 heterocycles. The highest BCUT2D eigenvalue weighted by atomic mass is 16.5. The molecule has 3 fully saturated rings. The number of carbonyl (C=O) groups is 1. The van der Waals surface area contributed by atoms with E-state index in [2.05, 4.69) is 59.6 Å². The van der Waals surface area contributed by atoms with Crippen LogP contribution in [0.3, 0.4) is 0 Å². The summed E-state index contributed by atoms with van der Waals surface area (Å²) >= 11 is 0. The molecule has 1 saturated carbocycles. The summed E-state index contributed by atoms with van der Waals surface area (Å²) in [5.41, 5.74) is 10.6. The van der Waals surface area contributed by atoms with Crippen LogP contribution in [0.25, 0.3) is 5.57 Å². The summed E-state index contributed by atoms with van der Waals surface area (Å²) in [5, 5.41) is 0. The van der Waals surface area contributed by atoms with Gasteiger partial charge in [-0.05, 0) is 141 Å². The van der Waals surface area contributed by atoms with Gasteiger partial charge in [-0.15, -0.1) is 0 Å². The highest BCUT2D eigenvalue weighted by Gasteiger charge is 2.47. The van der Waals surface area contributed by atoms with Crippen molar-refractivity contribution in [3.05, 3.63) is 81.4 Å². The van der Waals surface area contributed by atoms with Gasteiger partial charge in [0.25, 0.3) is 0 Å². The van der Waals surface area contributed by atoms with Gasteiger partial charge in [0.05, 0.1) is 7.11 Å². The van der Waals surface area contributed by atoms with E-state index >= 15 is 0 Å². The standard InChI is InChI=1S/C26H28O2.C13H23N/c1-13(2)18-11-14(3)22-16(5)23-17(6)24-19(9-8-10-21(24)28-7)26(27)25(23)15(4)20(22)12-18;1-9-6-10(2)13-11(7-9)8-12-4-3-5-14(12)13/h8-10,14,18H,1,6,11-12H2,2-5,7H3;9-13H,3-8H2,1-2H3/t14-,18?;/m1./s1. The van der Waals surface area contributed by atoms with Crippen LogP contribution >= 0.6 is 0 Å². The van der Waals surface area contributed by atoms with Crippen LogP contribution < -0.4 is 4.74 Å². The van der Waals surface area contributed by atoms with Crippen molar-refractivity contribution in [3.63, 3.8) is 0 Å². The lowest BCUT2D eigenvalue weighted by atomic mass is 9.67. The Hall–Kier alpha value is -2.65. The number of rotatable bonds is 2. The van der Waals surface area contributed by atoms with Gasteiger partial charge < -0.3 is 4.74 Å². The fourth-order valence-corrected chi connectivity index (χ4v) is 10.1. The quantitative estimate of drug-likeness (QED) is 0.290. The normalized spacial score (nSPS) is 31.3. The molecule has 2 aliphatic heterocycles. The Kier molecular flexibility index (Phi) is 7.79. The van der Waals surface area contributed by atoms with E-state index in [1.165, 1.54) is 60.9 Å². The number of carbonyl (C=O) groups excluding carboxylic acids is 1. The summed E-state index contributed by atoms with van der Waals surface area (Å²) in [7, 11) is 1.65. The third kappa shape index (κ3) is 4.62. The molecule has 5 aliphatic rings. The topological polar surface area (TPSA) is 29.5 Å². The Labute approximate surface area is 254 Å². The van der Waals surface area contributed by atoms with E-state index in [4.69, 9.17) is 4.74 Å². The molecule has 2 saturated heterocycles. The van der Waals surface area contributed by atoms with Gasteiger partial charge in [-0.25, -0.2) is 0 Å². The number of fused-ring (bicyclic) bond motifs is 6. The molecule has 0 radical (unpaired) electrons. The van der Waals surface area contributed by atoms with E-state index < -0.39 is 0 Å². The molecule has 224 valence electrons. The molecule has 2 aromatic rings. The molecular weight excluding hydrogens is 514 g/mol. The third-order valence-electron chi connectivity index (χ3n) is 11.7. The number of hydrogen-bond acceptors (Lipinski definition) is 3. The number of ketones is 1. The average Bonchev–Trinajstić information content (AvgIpc) is 3.54. The Morgan fingerprint density at radius 3 is 2.48 bits per heavy atom. The second-order valence-corrected chi connectivity index (χ2v) is 14.5. The van der Waals surface area contributed by atoms with Crippen molar-refractivity contribution in [1.29, 1.82) is 0 Å². The summed E-state index contributed by atoms with van der Waals surface area (Å²) in [6.45, 7) is 23.7. The molecule has 3 nitrogen and oxygen atoms in total. The predicted octanol–water partition coefficient (Wildman–Crippen LogP) is 9.07. The first-order valence-electron chi connectivity index (χ1n) is 16.5.